The predicted molar refractivity (Wildman–Crippen MR) is 43.4 cm³/mol. The van der Waals surface area contributed by atoms with E-state index in [2.05, 4.69) is 4.98 Å². The van der Waals surface area contributed by atoms with Gasteiger partial charge >= 0.3 is 0 Å². The standard InChI is InChI=1S/C7H9N3O2/c1-9-2-3-10-6(12)4-5(11)8-7(9)10/h4,11H,2-3H2,1H3. The highest BCUT2D eigenvalue weighted by Gasteiger charge is 2.18. The van der Waals surface area contributed by atoms with Crippen molar-refractivity contribution < 1.29 is 5.11 Å². The Morgan fingerprint density at radius 2 is 2.33 bits per heavy atom. The molecule has 5 heteroatoms. The van der Waals surface area contributed by atoms with E-state index >= 15 is 0 Å². The van der Waals surface area contributed by atoms with Crippen LogP contribution in [0.15, 0.2) is 10.9 Å². The molecule has 1 aromatic rings. The summed E-state index contributed by atoms with van der Waals surface area (Å²) in [6.45, 7) is 1.42. The number of anilines is 1. The van der Waals surface area contributed by atoms with E-state index in [0.29, 0.717) is 12.5 Å². The second-order valence-corrected chi connectivity index (χ2v) is 2.83. The third kappa shape index (κ3) is 0.861. The van der Waals surface area contributed by atoms with Crippen molar-refractivity contribution >= 4 is 5.95 Å². The van der Waals surface area contributed by atoms with Crippen LogP contribution < -0.4 is 10.5 Å². The fourth-order valence-electron chi connectivity index (χ4n) is 1.33. The molecular weight excluding hydrogens is 158 g/mol. The SMILES string of the molecule is CN1CCn2c1nc(O)cc2=O. The first-order valence-electron chi connectivity index (χ1n) is 3.70. The normalized spacial score (nSPS) is 14.9. The maximum absolute atomic E-state index is 11.2. The van der Waals surface area contributed by atoms with Gasteiger partial charge in [0.15, 0.2) is 0 Å². The van der Waals surface area contributed by atoms with Gasteiger partial charge in [-0.2, -0.15) is 4.98 Å². The van der Waals surface area contributed by atoms with E-state index in [0.717, 1.165) is 12.6 Å². The van der Waals surface area contributed by atoms with E-state index < -0.39 is 0 Å². The highest BCUT2D eigenvalue weighted by molar-refractivity contribution is 5.35. The molecule has 2 rings (SSSR count). The van der Waals surface area contributed by atoms with Crippen molar-refractivity contribution in [3.63, 3.8) is 0 Å². The van der Waals surface area contributed by atoms with E-state index in [9.17, 15) is 4.79 Å². The third-order valence-corrected chi connectivity index (χ3v) is 1.98. The summed E-state index contributed by atoms with van der Waals surface area (Å²) < 4.78 is 1.54. The van der Waals surface area contributed by atoms with Gasteiger partial charge in [0.1, 0.15) is 0 Å². The van der Waals surface area contributed by atoms with Gasteiger partial charge in [0.25, 0.3) is 5.56 Å². The quantitative estimate of drug-likeness (QED) is 0.560. The van der Waals surface area contributed by atoms with E-state index in [-0.39, 0.29) is 11.4 Å². The lowest BCUT2D eigenvalue weighted by Crippen LogP contribution is -2.18. The Bertz CT molecular complexity index is 371. The predicted octanol–water partition coefficient (Wildman–Crippen LogP) is -0.601. The summed E-state index contributed by atoms with van der Waals surface area (Å²) in [5.74, 6) is 0.333. The Hall–Kier alpha value is -1.52. The molecule has 2 heterocycles. The minimum atomic E-state index is -0.208. The first-order chi connectivity index (χ1) is 5.68. The summed E-state index contributed by atoms with van der Waals surface area (Å²) in [7, 11) is 1.84. The summed E-state index contributed by atoms with van der Waals surface area (Å²) in [5.41, 5.74) is -0.193. The maximum Gasteiger partial charge on any atom is 0.258 e. The Labute approximate surface area is 68.9 Å². The highest BCUT2D eigenvalue weighted by Crippen LogP contribution is 2.15. The largest absolute Gasteiger partial charge is 0.493 e. The first kappa shape index (κ1) is 7.15. The van der Waals surface area contributed by atoms with Gasteiger partial charge in [-0.3, -0.25) is 9.36 Å². The van der Waals surface area contributed by atoms with Gasteiger partial charge in [-0.15, -0.1) is 0 Å². The summed E-state index contributed by atoms with van der Waals surface area (Å²) in [5, 5.41) is 9.04. The molecular formula is C7H9N3O2. The molecule has 12 heavy (non-hydrogen) atoms. The lowest BCUT2D eigenvalue weighted by Gasteiger charge is -2.08. The lowest BCUT2D eigenvalue weighted by molar-refractivity contribution is 0.449. The van der Waals surface area contributed by atoms with Crippen LogP contribution >= 0.6 is 0 Å². The number of hydrogen-bond acceptors (Lipinski definition) is 4. The van der Waals surface area contributed by atoms with Crippen molar-refractivity contribution in [1.82, 2.24) is 9.55 Å². The summed E-state index contributed by atoms with van der Waals surface area (Å²) >= 11 is 0. The van der Waals surface area contributed by atoms with Gasteiger partial charge in [0.05, 0.1) is 6.07 Å². The smallest absolute Gasteiger partial charge is 0.258 e. The van der Waals surface area contributed by atoms with Crippen LogP contribution in [0.25, 0.3) is 0 Å². The second kappa shape index (κ2) is 2.23. The molecule has 0 atom stereocenters. The zero-order valence-electron chi connectivity index (χ0n) is 6.69. The van der Waals surface area contributed by atoms with Gasteiger partial charge in [0, 0.05) is 20.1 Å². The van der Waals surface area contributed by atoms with Gasteiger partial charge in [-0.05, 0) is 0 Å². The minimum Gasteiger partial charge on any atom is -0.493 e. The van der Waals surface area contributed by atoms with Crippen molar-refractivity contribution in [2.45, 2.75) is 6.54 Å². The fourth-order valence-corrected chi connectivity index (χ4v) is 1.33. The molecule has 64 valence electrons. The molecule has 1 N–H and O–H groups in total. The van der Waals surface area contributed by atoms with Crippen molar-refractivity contribution in [1.29, 1.82) is 0 Å². The molecule has 0 unspecified atom stereocenters. The van der Waals surface area contributed by atoms with Crippen LogP contribution in [0.3, 0.4) is 0 Å². The third-order valence-electron chi connectivity index (χ3n) is 1.98. The molecule has 0 radical (unpaired) electrons. The first-order valence-corrected chi connectivity index (χ1v) is 3.70. The van der Waals surface area contributed by atoms with Gasteiger partial charge in [0.2, 0.25) is 11.8 Å². The van der Waals surface area contributed by atoms with Gasteiger partial charge in [-0.25, -0.2) is 0 Å². The van der Waals surface area contributed by atoms with Crippen LogP contribution in [0.4, 0.5) is 5.95 Å². The molecule has 0 aromatic carbocycles. The number of fused-ring (bicyclic) bond motifs is 1. The average Bonchev–Trinajstić information content (AvgIpc) is 2.33. The summed E-state index contributed by atoms with van der Waals surface area (Å²) in [6, 6.07) is 1.13. The number of aromatic nitrogens is 2. The minimum absolute atomic E-state index is 0.193. The molecule has 0 saturated heterocycles. The maximum atomic E-state index is 11.2. The van der Waals surface area contributed by atoms with E-state index in [1.54, 1.807) is 4.57 Å². The Morgan fingerprint density at radius 1 is 1.58 bits per heavy atom. The molecule has 1 aliphatic heterocycles. The Kier molecular flexibility index (Phi) is 1.33. The lowest BCUT2D eigenvalue weighted by atomic mass is 10.6. The van der Waals surface area contributed by atoms with Crippen LogP contribution in [0.1, 0.15) is 0 Å². The van der Waals surface area contributed by atoms with E-state index in [1.165, 1.54) is 0 Å². The summed E-state index contributed by atoms with van der Waals surface area (Å²) in [4.78, 5) is 16.9. The highest BCUT2D eigenvalue weighted by atomic mass is 16.3. The molecule has 0 fully saturated rings. The second-order valence-electron chi connectivity index (χ2n) is 2.83. The number of hydrogen-bond donors (Lipinski definition) is 1. The van der Waals surface area contributed by atoms with Gasteiger partial charge < -0.3 is 10.0 Å². The van der Waals surface area contributed by atoms with E-state index in [1.807, 2.05) is 11.9 Å². The molecule has 5 nitrogen and oxygen atoms in total. The van der Waals surface area contributed by atoms with Crippen molar-refractivity contribution in [3.05, 3.63) is 16.4 Å². The molecule has 1 aliphatic rings. The number of likely N-dealkylation sites (N-methyl/N-ethyl adjacent to an activating group) is 1. The van der Waals surface area contributed by atoms with Crippen molar-refractivity contribution in [3.8, 4) is 5.88 Å². The van der Waals surface area contributed by atoms with Crippen molar-refractivity contribution in [2.24, 2.45) is 0 Å². The topological polar surface area (TPSA) is 58.4 Å². The molecule has 0 bridgehead atoms. The zero-order valence-corrected chi connectivity index (χ0v) is 6.69. The van der Waals surface area contributed by atoms with Crippen LogP contribution in [-0.2, 0) is 6.54 Å². The van der Waals surface area contributed by atoms with Crippen LogP contribution in [0.2, 0.25) is 0 Å². The number of rotatable bonds is 0. The molecule has 1 aromatic heterocycles. The van der Waals surface area contributed by atoms with E-state index in [4.69, 9.17) is 5.11 Å². The fraction of sp³-hybridized carbons (Fsp3) is 0.429. The molecule has 0 spiro atoms. The number of nitrogens with zero attached hydrogens (tertiary/aromatic N) is 3. The van der Waals surface area contributed by atoms with Crippen LogP contribution in [0, 0.1) is 0 Å². The molecule has 0 aliphatic carbocycles. The molecule has 0 saturated carbocycles. The van der Waals surface area contributed by atoms with Crippen LogP contribution in [0.5, 0.6) is 5.88 Å². The van der Waals surface area contributed by atoms with Crippen LogP contribution in [-0.4, -0.2) is 28.3 Å². The zero-order chi connectivity index (χ0) is 8.72. The molecule has 0 amide bonds. The number of aromatic hydroxyl groups is 1. The average molecular weight is 167 g/mol. The van der Waals surface area contributed by atoms with Gasteiger partial charge in [-0.1, -0.05) is 0 Å². The Morgan fingerprint density at radius 3 is 3.08 bits per heavy atom. The monoisotopic (exact) mass is 167 g/mol. The Balaban J connectivity index is 2.68. The summed E-state index contributed by atoms with van der Waals surface area (Å²) in [6.07, 6.45) is 0. The van der Waals surface area contributed by atoms with Crippen molar-refractivity contribution in [2.75, 3.05) is 18.5 Å².